The highest BCUT2D eigenvalue weighted by molar-refractivity contribution is 6.32. The van der Waals surface area contributed by atoms with Crippen LogP contribution in [-0.4, -0.2) is 23.3 Å². The van der Waals surface area contributed by atoms with Crippen LogP contribution in [0.5, 0.6) is 5.75 Å². The molecule has 1 unspecified atom stereocenters. The van der Waals surface area contributed by atoms with Crippen molar-refractivity contribution in [2.45, 2.75) is 12.3 Å². The van der Waals surface area contributed by atoms with Gasteiger partial charge in [-0.1, -0.05) is 11.6 Å². The van der Waals surface area contributed by atoms with E-state index in [0.717, 1.165) is 13.2 Å². The summed E-state index contributed by atoms with van der Waals surface area (Å²) in [7, 11) is 1.00. The molecule has 100 valence electrons. The number of aliphatic hydroxyl groups excluding tert-OH is 1. The zero-order valence-electron chi connectivity index (χ0n) is 8.95. The maximum Gasteiger partial charge on any atom is 0.420 e. The summed E-state index contributed by atoms with van der Waals surface area (Å²) in [5, 5.41) is 17.3. The molecule has 0 aliphatic heterocycles. The molecule has 0 heterocycles. The number of methoxy groups -OCH3 is 1. The minimum atomic E-state index is -4.77. The molecular weight excluding hydrogens is 277 g/mol. The van der Waals surface area contributed by atoms with Crippen LogP contribution in [0.15, 0.2) is 12.1 Å². The first-order valence-corrected chi connectivity index (χ1v) is 4.91. The number of halogens is 4. The second-order valence-electron chi connectivity index (χ2n) is 3.32. The summed E-state index contributed by atoms with van der Waals surface area (Å²) in [6.45, 7) is 0. The van der Waals surface area contributed by atoms with Gasteiger partial charge in [-0.3, -0.25) is 0 Å². The van der Waals surface area contributed by atoms with Crippen molar-refractivity contribution in [1.29, 1.82) is 0 Å². The van der Waals surface area contributed by atoms with Crippen molar-refractivity contribution in [3.8, 4) is 5.75 Å². The highest BCUT2D eigenvalue weighted by atomic mass is 35.5. The van der Waals surface area contributed by atoms with E-state index in [-0.39, 0.29) is 0 Å². The van der Waals surface area contributed by atoms with Crippen LogP contribution in [0.4, 0.5) is 13.2 Å². The molecule has 0 saturated carbocycles. The molecule has 0 amide bonds. The van der Waals surface area contributed by atoms with E-state index in [1.54, 1.807) is 0 Å². The second kappa shape index (κ2) is 5.03. The van der Waals surface area contributed by atoms with E-state index in [4.69, 9.17) is 16.7 Å². The number of carboxylic acids is 1. The molecule has 0 radical (unpaired) electrons. The molecule has 1 aromatic rings. The third-order valence-electron chi connectivity index (χ3n) is 2.13. The van der Waals surface area contributed by atoms with Gasteiger partial charge in [0.05, 0.1) is 17.7 Å². The molecule has 0 spiro atoms. The molecule has 0 aliphatic rings. The minimum absolute atomic E-state index is 0.428. The predicted molar refractivity (Wildman–Crippen MR) is 55.6 cm³/mol. The predicted octanol–water partition coefficient (Wildman–Crippen LogP) is 2.49. The molecule has 0 saturated heterocycles. The molecule has 0 aliphatic carbocycles. The summed E-state index contributed by atoms with van der Waals surface area (Å²) >= 11 is 5.56. The Kier molecular flexibility index (Phi) is 4.08. The van der Waals surface area contributed by atoms with Gasteiger partial charge in [-0.2, -0.15) is 13.2 Å². The van der Waals surface area contributed by atoms with Crippen molar-refractivity contribution in [2.24, 2.45) is 0 Å². The fourth-order valence-electron chi connectivity index (χ4n) is 1.33. The SMILES string of the molecule is COc1c(Cl)cc(C(O)C(=O)O)cc1C(F)(F)F. The first-order valence-electron chi connectivity index (χ1n) is 4.54. The first-order chi connectivity index (χ1) is 8.18. The number of carboxylic acid groups (broad SMARTS) is 1. The van der Waals surface area contributed by atoms with Gasteiger partial charge in [0, 0.05) is 0 Å². The lowest BCUT2D eigenvalue weighted by atomic mass is 10.0. The number of benzene rings is 1. The summed E-state index contributed by atoms with van der Waals surface area (Å²) in [4.78, 5) is 10.5. The smallest absolute Gasteiger partial charge is 0.420 e. The normalized spacial score (nSPS) is 13.2. The Morgan fingerprint density at radius 1 is 1.44 bits per heavy atom. The lowest BCUT2D eigenvalue weighted by Crippen LogP contribution is -2.14. The van der Waals surface area contributed by atoms with Crippen molar-refractivity contribution in [1.82, 2.24) is 0 Å². The van der Waals surface area contributed by atoms with Gasteiger partial charge < -0.3 is 14.9 Å². The number of aliphatic carboxylic acids is 1. The molecule has 0 fully saturated rings. The molecule has 18 heavy (non-hydrogen) atoms. The van der Waals surface area contributed by atoms with Crippen molar-refractivity contribution < 1.29 is 32.9 Å². The van der Waals surface area contributed by atoms with E-state index in [0.29, 0.717) is 6.07 Å². The molecule has 8 heteroatoms. The van der Waals surface area contributed by atoms with E-state index in [1.807, 2.05) is 0 Å². The molecule has 0 bridgehead atoms. The Balaban J connectivity index is 3.44. The number of hydrogen-bond acceptors (Lipinski definition) is 3. The van der Waals surface area contributed by atoms with E-state index in [9.17, 15) is 23.1 Å². The zero-order valence-corrected chi connectivity index (χ0v) is 9.71. The van der Waals surface area contributed by atoms with E-state index < -0.39 is 40.1 Å². The fraction of sp³-hybridized carbons (Fsp3) is 0.300. The van der Waals surface area contributed by atoms with Gasteiger partial charge in [0.2, 0.25) is 0 Å². The molecule has 4 nitrogen and oxygen atoms in total. The Morgan fingerprint density at radius 3 is 2.39 bits per heavy atom. The van der Waals surface area contributed by atoms with Crippen LogP contribution < -0.4 is 4.74 Å². The lowest BCUT2D eigenvalue weighted by molar-refractivity contribution is -0.147. The Morgan fingerprint density at radius 2 is 2.00 bits per heavy atom. The quantitative estimate of drug-likeness (QED) is 0.895. The first kappa shape index (κ1) is 14.6. The van der Waals surface area contributed by atoms with Gasteiger partial charge in [-0.25, -0.2) is 4.79 Å². The number of hydrogen-bond donors (Lipinski definition) is 2. The average molecular weight is 285 g/mol. The molecular formula is C10H8ClF3O4. The van der Waals surface area contributed by atoms with Crippen LogP contribution in [0.2, 0.25) is 5.02 Å². The molecule has 0 aromatic heterocycles. The van der Waals surface area contributed by atoms with Crippen LogP contribution in [-0.2, 0) is 11.0 Å². The van der Waals surface area contributed by atoms with Crippen LogP contribution >= 0.6 is 11.6 Å². The summed E-state index contributed by atoms with van der Waals surface area (Å²) < 4.78 is 42.6. The third-order valence-corrected chi connectivity index (χ3v) is 2.41. The van der Waals surface area contributed by atoms with Gasteiger partial charge >= 0.3 is 12.1 Å². The second-order valence-corrected chi connectivity index (χ2v) is 3.73. The minimum Gasteiger partial charge on any atom is -0.495 e. The summed E-state index contributed by atoms with van der Waals surface area (Å²) in [6, 6.07) is 1.40. The number of carbonyl (C=O) groups is 1. The van der Waals surface area contributed by atoms with Crippen LogP contribution in [0.1, 0.15) is 17.2 Å². The Hall–Kier alpha value is -1.47. The molecule has 2 N–H and O–H groups in total. The zero-order chi connectivity index (χ0) is 14.1. The lowest BCUT2D eigenvalue weighted by Gasteiger charge is -2.16. The van der Waals surface area contributed by atoms with Crippen LogP contribution in [0.25, 0.3) is 0 Å². The largest absolute Gasteiger partial charge is 0.495 e. The Labute approximate surface area is 105 Å². The van der Waals surface area contributed by atoms with Crippen LogP contribution in [0.3, 0.4) is 0 Å². The van der Waals surface area contributed by atoms with Crippen LogP contribution in [0, 0.1) is 0 Å². The van der Waals surface area contributed by atoms with Gasteiger partial charge in [-0.05, 0) is 17.7 Å². The number of aliphatic hydroxyl groups is 1. The number of rotatable bonds is 3. The topological polar surface area (TPSA) is 66.8 Å². The third kappa shape index (κ3) is 2.85. The molecule has 1 aromatic carbocycles. The standard InChI is InChI=1S/C10H8ClF3O4/c1-18-8-5(10(12,13)14)2-4(3-6(8)11)7(15)9(16)17/h2-3,7,15H,1H3,(H,16,17). The fourth-order valence-corrected chi connectivity index (χ4v) is 1.64. The highest BCUT2D eigenvalue weighted by Gasteiger charge is 2.36. The van der Waals surface area contributed by atoms with Gasteiger partial charge in [-0.15, -0.1) is 0 Å². The summed E-state index contributed by atoms with van der Waals surface area (Å²) in [5.41, 5.74) is -1.71. The maximum atomic E-state index is 12.7. The van der Waals surface area contributed by atoms with Crippen molar-refractivity contribution in [3.63, 3.8) is 0 Å². The van der Waals surface area contributed by atoms with Crippen molar-refractivity contribution in [2.75, 3.05) is 7.11 Å². The van der Waals surface area contributed by atoms with Gasteiger partial charge in [0.25, 0.3) is 0 Å². The Bertz CT molecular complexity index is 473. The molecule has 1 atom stereocenters. The van der Waals surface area contributed by atoms with E-state index in [2.05, 4.69) is 4.74 Å². The molecule has 1 rings (SSSR count). The maximum absolute atomic E-state index is 12.7. The van der Waals surface area contributed by atoms with E-state index >= 15 is 0 Å². The van der Waals surface area contributed by atoms with Gasteiger partial charge in [0.15, 0.2) is 6.10 Å². The summed E-state index contributed by atoms with van der Waals surface area (Å²) in [6.07, 6.45) is -6.86. The van der Waals surface area contributed by atoms with Gasteiger partial charge in [0.1, 0.15) is 5.75 Å². The highest BCUT2D eigenvalue weighted by Crippen LogP contribution is 2.41. The van der Waals surface area contributed by atoms with E-state index in [1.165, 1.54) is 0 Å². The monoisotopic (exact) mass is 284 g/mol. The number of ether oxygens (including phenoxy) is 1. The summed E-state index contributed by atoms with van der Waals surface area (Å²) in [5.74, 6) is -2.30. The average Bonchev–Trinajstić information content (AvgIpc) is 2.25. The van der Waals surface area contributed by atoms with Crippen molar-refractivity contribution in [3.05, 3.63) is 28.3 Å². The number of alkyl halides is 3. The van der Waals surface area contributed by atoms with Crippen molar-refractivity contribution >= 4 is 17.6 Å².